The first-order valence-electron chi connectivity index (χ1n) is 8.13. The van der Waals surface area contributed by atoms with Gasteiger partial charge >= 0.3 is 6.09 Å². The van der Waals surface area contributed by atoms with Gasteiger partial charge in [0.15, 0.2) is 0 Å². The van der Waals surface area contributed by atoms with E-state index in [0.717, 1.165) is 32.5 Å². The molecule has 2 rings (SSSR count). The predicted octanol–water partition coefficient (Wildman–Crippen LogP) is 4.05. The standard InChI is InChI=1S/C17H28N2O2S/c1-5-14(15-7-6-10-22-15)18-11-13-8-9-19(12-13)16(20)21-17(2,3)4/h6-7,10,13-14,18H,5,8-9,11-12H2,1-4H3. The number of thiophene rings is 1. The average molecular weight is 324 g/mol. The van der Waals surface area contributed by atoms with Gasteiger partial charge in [-0.25, -0.2) is 4.79 Å². The number of hydrogen-bond donors (Lipinski definition) is 1. The lowest BCUT2D eigenvalue weighted by atomic mass is 10.1. The second-order valence-electron chi connectivity index (χ2n) is 6.97. The minimum Gasteiger partial charge on any atom is -0.444 e. The Labute approximate surface area is 137 Å². The number of nitrogens with zero attached hydrogens (tertiary/aromatic N) is 1. The van der Waals surface area contributed by atoms with E-state index in [-0.39, 0.29) is 6.09 Å². The largest absolute Gasteiger partial charge is 0.444 e. The van der Waals surface area contributed by atoms with Gasteiger partial charge in [0.1, 0.15) is 5.60 Å². The number of amides is 1. The molecule has 22 heavy (non-hydrogen) atoms. The second-order valence-corrected chi connectivity index (χ2v) is 7.94. The SMILES string of the molecule is CCC(NCC1CCN(C(=O)OC(C)(C)C)C1)c1cccs1. The maximum Gasteiger partial charge on any atom is 0.410 e. The van der Waals surface area contributed by atoms with Crippen LogP contribution in [0.1, 0.15) is 51.5 Å². The van der Waals surface area contributed by atoms with Crippen LogP contribution >= 0.6 is 11.3 Å². The highest BCUT2D eigenvalue weighted by Crippen LogP contribution is 2.24. The number of carbonyl (C=O) groups is 1. The molecule has 1 saturated heterocycles. The van der Waals surface area contributed by atoms with Crippen molar-refractivity contribution >= 4 is 17.4 Å². The van der Waals surface area contributed by atoms with Crippen molar-refractivity contribution in [3.05, 3.63) is 22.4 Å². The number of rotatable bonds is 5. The van der Waals surface area contributed by atoms with Crippen molar-refractivity contribution in [1.29, 1.82) is 0 Å². The van der Waals surface area contributed by atoms with Crippen molar-refractivity contribution in [1.82, 2.24) is 10.2 Å². The third kappa shape index (κ3) is 4.99. The summed E-state index contributed by atoms with van der Waals surface area (Å²) in [6, 6.07) is 4.72. The van der Waals surface area contributed by atoms with Gasteiger partial charge in [0.25, 0.3) is 0 Å². The van der Waals surface area contributed by atoms with E-state index < -0.39 is 5.60 Å². The maximum atomic E-state index is 12.1. The Bertz CT molecular complexity index is 468. The average Bonchev–Trinajstić information content (AvgIpc) is 3.08. The molecule has 0 bridgehead atoms. The molecule has 4 nitrogen and oxygen atoms in total. The van der Waals surface area contributed by atoms with E-state index in [9.17, 15) is 4.79 Å². The molecule has 2 atom stereocenters. The zero-order chi connectivity index (χ0) is 16.2. The summed E-state index contributed by atoms with van der Waals surface area (Å²) in [6.45, 7) is 10.5. The summed E-state index contributed by atoms with van der Waals surface area (Å²) in [4.78, 5) is 15.3. The Hall–Kier alpha value is -1.07. The monoisotopic (exact) mass is 324 g/mol. The molecule has 1 N–H and O–H groups in total. The summed E-state index contributed by atoms with van der Waals surface area (Å²) >= 11 is 1.80. The fraction of sp³-hybridized carbons (Fsp3) is 0.706. The van der Waals surface area contributed by atoms with E-state index in [1.165, 1.54) is 4.88 Å². The molecule has 0 aliphatic carbocycles. The van der Waals surface area contributed by atoms with Crippen LogP contribution in [0.2, 0.25) is 0 Å². The first-order valence-corrected chi connectivity index (χ1v) is 9.01. The van der Waals surface area contributed by atoms with Gasteiger partial charge in [-0.05, 0) is 51.0 Å². The first-order chi connectivity index (χ1) is 10.4. The fourth-order valence-electron chi connectivity index (χ4n) is 2.74. The lowest BCUT2D eigenvalue weighted by Gasteiger charge is -2.24. The van der Waals surface area contributed by atoms with Gasteiger partial charge in [-0.15, -0.1) is 11.3 Å². The Balaban J connectivity index is 1.78. The molecule has 1 fully saturated rings. The molecule has 1 amide bonds. The molecular weight excluding hydrogens is 296 g/mol. The van der Waals surface area contributed by atoms with E-state index >= 15 is 0 Å². The number of ether oxygens (including phenoxy) is 1. The van der Waals surface area contributed by atoms with Crippen molar-refractivity contribution < 1.29 is 9.53 Å². The summed E-state index contributed by atoms with van der Waals surface area (Å²) in [5.41, 5.74) is -0.417. The van der Waals surface area contributed by atoms with Gasteiger partial charge in [-0.3, -0.25) is 0 Å². The molecular formula is C17H28N2O2S. The second kappa shape index (κ2) is 7.47. The third-order valence-corrected chi connectivity index (χ3v) is 4.87. The van der Waals surface area contributed by atoms with E-state index in [4.69, 9.17) is 4.74 Å². The number of hydrogen-bond acceptors (Lipinski definition) is 4. The summed E-state index contributed by atoms with van der Waals surface area (Å²) < 4.78 is 5.44. The molecule has 0 aromatic carbocycles. The highest BCUT2D eigenvalue weighted by Gasteiger charge is 2.29. The summed E-state index contributed by atoms with van der Waals surface area (Å²) in [5, 5.41) is 5.78. The number of nitrogens with one attached hydrogen (secondary N) is 1. The van der Waals surface area contributed by atoms with Crippen molar-refractivity contribution in [2.45, 2.75) is 52.2 Å². The first kappa shape index (κ1) is 17.3. The van der Waals surface area contributed by atoms with Crippen molar-refractivity contribution in [3.63, 3.8) is 0 Å². The third-order valence-electron chi connectivity index (χ3n) is 3.89. The van der Waals surface area contributed by atoms with Crippen LogP contribution in [0.3, 0.4) is 0 Å². The maximum absolute atomic E-state index is 12.1. The summed E-state index contributed by atoms with van der Waals surface area (Å²) in [6.07, 6.45) is 1.95. The highest BCUT2D eigenvalue weighted by molar-refractivity contribution is 7.10. The lowest BCUT2D eigenvalue weighted by molar-refractivity contribution is 0.0288. The minimum atomic E-state index is -0.417. The Kier molecular flexibility index (Phi) is 5.87. The molecule has 0 saturated carbocycles. The van der Waals surface area contributed by atoms with Gasteiger partial charge in [-0.1, -0.05) is 13.0 Å². The number of likely N-dealkylation sites (tertiary alicyclic amines) is 1. The zero-order valence-electron chi connectivity index (χ0n) is 14.1. The molecule has 2 heterocycles. The lowest BCUT2D eigenvalue weighted by Crippen LogP contribution is -2.36. The quantitative estimate of drug-likeness (QED) is 0.888. The predicted molar refractivity (Wildman–Crippen MR) is 91.3 cm³/mol. The van der Waals surface area contributed by atoms with Crippen LogP contribution in [-0.4, -0.2) is 36.2 Å². The highest BCUT2D eigenvalue weighted by atomic mass is 32.1. The molecule has 1 aromatic heterocycles. The smallest absolute Gasteiger partial charge is 0.410 e. The van der Waals surface area contributed by atoms with Crippen LogP contribution in [0.25, 0.3) is 0 Å². The van der Waals surface area contributed by atoms with Gasteiger partial charge in [0, 0.05) is 30.6 Å². The van der Waals surface area contributed by atoms with Gasteiger partial charge in [0.05, 0.1) is 0 Å². The van der Waals surface area contributed by atoms with Crippen LogP contribution in [0.4, 0.5) is 4.79 Å². The molecule has 1 aliphatic heterocycles. The van der Waals surface area contributed by atoms with Crippen LogP contribution in [0.15, 0.2) is 17.5 Å². The zero-order valence-corrected chi connectivity index (χ0v) is 14.9. The Morgan fingerprint density at radius 1 is 1.55 bits per heavy atom. The van der Waals surface area contributed by atoms with Crippen LogP contribution < -0.4 is 5.32 Å². The van der Waals surface area contributed by atoms with Crippen molar-refractivity contribution in [3.8, 4) is 0 Å². The van der Waals surface area contributed by atoms with Crippen LogP contribution in [0.5, 0.6) is 0 Å². The van der Waals surface area contributed by atoms with E-state index in [1.54, 1.807) is 11.3 Å². The fourth-order valence-corrected chi connectivity index (χ4v) is 3.62. The summed E-state index contributed by atoms with van der Waals surface area (Å²) in [7, 11) is 0. The Morgan fingerprint density at radius 2 is 2.32 bits per heavy atom. The van der Waals surface area contributed by atoms with E-state index in [0.29, 0.717) is 12.0 Å². The van der Waals surface area contributed by atoms with Crippen molar-refractivity contribution in [2.75, 3.05) is 19.6 Å². The van der Waals surface area contributed by atoms with E-state index in [2.05, 4.69) is 29.8 Å². The van der Waals surface area contributed by atoms with Crippen molar-refractivity contribution in [2.24, 2.45) is 5.92 Å². The molecule has 0 spiro atoms. The minimum absolute atomic E-state index is 0.180. The number of carbonyl (C=O) groups excluding carboxylic acids is 1. The molecule has 0 radical (unpaired) electrons. The molecule has 124 valence electrons. The topological polar surface area (TPSA) is 41.6 Å². The molecule has 1 aromatic rings. The van der Waals surface area contributed by atoms with Gasteiger partial charge in [-0.2, -0.15) is 0 Å². The molecule has 5 heteroatoms. The molecule has 2 unspecified atom stereocenters. The summed E-state index contributed by atoms with van der Waals surface area (Å²) in [5.74, 6) is 0.515. The molecule has 1 aliphatic rings. The van der Waals surface area contributed by atoms with E-state index in [1.807, 2.05) is 25.7 Å². The normalized spacial score (nSPS) is 20.2. The Morgan fingerprint density at radius 3 is 2.91 bits per heavy atom. The van der Waals surface area contributed by atoms with Crippen LogP contribution in [-0.2, 0) is 4.74 Å². The van der Waals surface area contributed by atoms with Gasteiger partial charge in [0.2, 0.25) is 0 Å². The van der Waals surface area contributed by atoms with Crippen LogP contribution in [0, 0.1) is 5.92 Å². The van der Waals surface area contributed by atoms with Gasteiger partial charge < -0.3 is 15.0 Å².